The van der Waals surface area contributed by atoms with E-state index in [1.807, 2.05) is 0 Å². The lowest BCUT2D eigenvalue weighted by Gasteiger charge is -2.22. The topological polar surface area (TPSA) is 82.7 Å². The Hall–Kier alpha value is -2.38. The molecule has 2 aromatic heterocycles. The Morgan fingerprint density at radius 1 is 1.24 bits per heavy atom. The van der Waals surface area contributed by atoms with Crippen molar-refractivity contribution < 1.29 is 17.7 Å². The maximum atomic E-state index is 13.9. The fourth-order valence-corrected chi connectivity index (χ4v) is 6.51. The van der Waals surface area contributed by atoms with Gasteiger partial charge in [0.25, 0.3) is 0 Å². The molecule has 33 heavy (non-hydrogen) atoms. The summed E-state index contributed by atoms with van der Waals surface area (Å²) in [5.74, 6) is 0.202. The van der Waals surface area contributed by atoms with Crippen LogP contribution < -0.4 is 15.9 Å². The van der Waals surface area contributed by atoms with E-state index in [0.717, 1.165) is 45.0 Å². The Bertz CT molecular complexity index is 1240. The highest BCUT2D eigenvalue weighted by Gasteiger charge is 2.41. The number of alkyl halides is 3. The molecule has 1 aromatic carbocycles. The van der Waals surface area contributed by atoms with Gasteiger partial charge in [-0.3, -0.25) is 0 Å². The van der Waals surface area contributed by atoms with Gasteiger partial charge in [0.15, 0.2) is 0 Å². The number of hydrogen-bond donors (Lipinski definition) is 3. The number of hydrogen-bond acceptors (Lipinski definition) is 5. The number of anilines is 1. The van der Waals surface area contributed by atoms with Crippen LogP contribution in [0.2, 0.25) is 0 Å². The number of fused-ring (bicyclic) bond motifs is 1. The highest BCUT2D eigenvalue weighted by molar-refractivity contribution is 7.70. The Labute approximate surface area is 190 Å². The van der Waals surface area contributed by atoms with Crippen LogP contribution in [0.5, 0.6) is 0 Å². The van der Waals surface area contributed by atoms with Crippen molar-refractivity contribution in [3.05, 3.63) is 36.2 Å². The first-order valence-corrected chi connectivity index (χ1v) is 13.7. The van der Waals surface area contributed by atoms with Crippen LogP contribution in [0, 0.1) is 5.41 Å². The summed E-state index contributed by atoms with van der Waals surface area (Å²) in [6, 6.07) is 5.32. The molecule has 0 radical (unpaired) electrons. The van der Waals surface area contributed by atoms with Gasteiger partial charge in [0.2, 0.25) is 5.95 Å². The lowest BCUT2D eigenvalue weighted by Crippen LogP contribution is -2.24. The van der Waals surface area contributed by atoms with E-state index in [1.165, 1.54) is 6.20 Å². The second-order valence-corrected chi connectivity index (χ2v) is 12.9. The third kappa shape index (κ3) is 4.17. The summed E-state index contributed by atoms with van der Waals surface area (Å²) in [4.78, 5) is 11.4. The van der Waals surface area contributed by atoms with E-state index in [-0.39, 0.29) is 23.1 Å². The number of aromatic amines is 1. The van der Waals surface area contributed by atoms with E-state index in [1.54, 1.807) is 31.5 Å². The SMILES string of the molecule is CP(C)(=O)c1cccc2c(-c3nc(N[C@H]4CC[C@@]5(CCNC5)C4)ncc3C(F)(F)F)c[nH]c12. The van der Waals surface area contributed by atoms with Gasteiger partial charge in [0.05, 0.1) is 11.2 Å². The van der Waals surface area contributed by atoms with Crippen LogP contribution in [0.25, 0.3) is 22.2 Å². The number of nitrogens with zero attached hydrogens (tertiary/aromatic N) is 2. The van der Waals surface area contributed by atoms with Gasteiger partial charge in [-0.1, -0.05) is 12.1 Å². The van der Waals surface area contributed by atoms with Crippen LogP contribution in [0.15, 0.2) is 30.6 Å². The molecule has 0 bridgehead atoms. The molecular weight excluding hydrogens is 450 g/mol. The first-order valence-electron chi connectivity index (χ1n) is 11.1. The Kier molecular flexibility index (Phi) is 5.33. The molecule has 1 saturated heterocycles. The van der Waals surface area contributed by atoms with Crippen molar-refractivity contribution in [2.45, 2.75) is 37.9 Å². The molecule has 10 heteroatoms. The number of para-hydroxylation sites is 1. The number of H-pyrrole nitrogens is 1. The highest BCUT2D eigenvalue weighted by Crippen LogP contribution is 2.44. The lowest BCUT2D eigenvalue weighted by molar-refractivity contribution is -0.137. The average Bonchev–Trinajstić information content (AvgIpc) is 3.47. The maximum absolute atomic E-state index is 13.9. The van der Waals surface area contributed by atoms with E-state index >= 15 is 0 Å². The van der Waals surface area contributed by atoms with Crippen LogP contribution in [-0.2, 0) is 10.7 Å². The average molecular weight is 477 g/mol. The van der Waals surface area contributed by atoms with E-state index < -0.39 is 18.9 Å². The molecule has 0 unspecified atom stereocenters. The number of benzene rings is 1. The molecule has 3 heterocycles. The summed E-state index contributed by atoms with van der Waals surface area (Å²) in [6.07, 6.45) is 1.89. The molecule has 2 atom stereocenters. The summed E-state index contributed by atoms with van der Waals surface area (Å²) in [5.41, 5.74) is 0.0991. The van der Waals surface area contributed by atoms with Gasteiger partial charge in [-0.05, 0) is 57.0 Å². The van der Waals surface area contributed by atoms with E-state index in [0.29, 0.717) is 21.8 Å². The summed E-state index contributed by atoms with van der Waals surface area (Å²) in [5, 5.41) is 7.86. The van der Waals surface area contributed by atoms with Crippen molar-refractivity contribution in [3.8, 4) is 11.3 Å². The van der Waals surface area contributed by atoms with Crippen molar-refractivity contribution in [3.63, 3.8) is 0 Å². The predicted molar refractivity (Wildman–Crippen MR) is 125 cm³/mol. The van der Waals surface area contributed by atoms with Crippen molar-refractivity contribution in [1.29, 1.82) is 0 Å². The van der Waals surface area contributed by atoms with Crippen LogP contribution in [0.4, 0.5) is 19.1 Å². The minimum absolute atomic E-state index is 0.134. The minimum Gasteiger partial charge on any atom is -0.360 e. The van der Waals surface area contributed by atoms with Gasteiger partial charge < -0.3 is 20.2 Å². The third-order valence-electron chi connectivity index (χ3n) is 6.99. The van der Waals surface area contributed by atoms with Gasteiger partial charge in [-0.2, -0.15) is 13.2 Å². The molecule has 2 fully saturated rings. The van der Waals surface area contributed by atoms with Gasteiger partial charge >= 0.3 is 6.18 Å². The Balaban J connectivity index is 1.55. The van der Waals surface area contributed by atoms with Crippen molar-refractivity contribution in [2.75, 3.05) is 31.7 Å². The normalized spacial score (nSPS) is 23.6. The lowest BCUT2D eigenvalue weighted by atomic mass is 9.85. The fourth-order valence-electron chi connectivity index (χ4n) is 5.34. The number of aromatic nitrogens is 3. The molecule has 6 nitrogen and oxygen atoms in total. The number of rotatable bonds is 4. The quantitative estimate of drug-likeness (QED) is 0.469. The zero-order valence-electron chi connectivity index (χ0n) is 18.6. The Morgan fingerprint density at radius 3 is 2.76 bits per heavy atom. The standard InChI is InChI=1S/C23H27F3N5OP/c1-33(2,32)18-5-3-4-15-16(11-28-20(15)18)19-17(23(24,25)26)12-29-21(31-19)30-14-6-7-22(10-14)8-9-27-13-22/h3-5,11-12,14,27-28H,6-10,13H2,1-2H3,(H,29,30,31)/t14-,22+/m0/s1. The summed E-state index contributed by atoms with van der Waals surface area (Å²) < 4.78 is 54.4. The van der Waals surface area contributed by atoms with Crippen LogP contribution in [-0.4, -0.2) is 47.4 Å². The molecule has 0 amide bonds. The smallest absolute Gasteiger partial charge is 0.360 e. The van der Waals surface area contributed by atoms with E-state index in [2.05, 4.69) is 25.6 Å². The van der Waals surface area contributed by atoms with Gasteiger partial charge in [0.1, 0.15) is 12.7 Å². The van der Waals surface area contributed by atoms with Crippen molar-refractivity contribution in [1.82, 2.24) is 20.3 Å². The van der Waals surface area contributed by atoms with Crippen molar-refractivity contribution in [2.24, 2.45) is 5.41 Å². The molecule has 2 aliphatic rings. The largest absolute Gasteiger partial charge is 0.419 e. The zero-order chi connectivity index (χ0) is 23.4. The van der Waals surface area contributed by atoms with Gasteiger partial charge in [0, 0.05) is 41.2 Å². The molecule has 3 N–H and O–H groups in total. The first-order chi connectivity index (χ1) is 15.6. The minimum atomic E-state index is -4.60. The summed E-state index contributed by atoms with van der Waals surface area (Å²) in [7, 11) is -2.63. The van der Waals surface area contributed by atoms with Crippen LogP contribution in [0.3, 0.4) is 0 Å². The van der Waals surface area contributed by atoms with Gasteiger partial charge in [-0.25, -0.2) is 9.97 Å². The number of halogens is 3. The summed E-state index contributed by atoms with van der Waals surface area (Å²) in [6.45, 7) is 5.29. The molecule has 1 spiro atoms. The molecule has 5 rings (SSSR count). The predicted octanol–water partition coefficient (Wildman–Crippen LogP) is 4.84. The molecular formula is C23H27F3N5OP. The maximum Gasteiger partial charge on any atom is 0.419 e. The highest BCUT2D eigenvalue weighted by atomic mass is 31.2. The molecule has 1 saturated carbocycles. The second kappa shape index (κ2) is 7.84. The molecule has 176 valence electrons. The Morgan fingerprint density at radius 2 is 2.06 bits per heavy atom. The molecule has 3 aromatic rings. The summed E-state index contributed by atoms with van der Waals surface area (Å²) >= 11 is 0. The molecule has 1 aliphatic carbocycles. The van der Waals surface area contributed by atoms with E-state index in [9.17, 15) is 17.7 Å². The van der Waals surface area contributed by atoms with Gasteiger partial charge in [-0.15, -0.1) is 0 Å². The first kappa shape index (κ1) is 22.4. The third-order valence-corrected chi connectivity index (χ3v) is 8.52. The van der Waals surface area contributed by atoms with Crippen LogP contribution >= 0.6 is 7.14 Å². The second-order valence-electron chi connectivity index (χ2n) is 9.72. The zero-order valence-corrected chi connectivity index (χ0v) is 19.5. The van der Waals surface area contributed by atoms with Crippen molar-refractivity contribution >= 4 is 29.3 Å². The van der Waals surface area contributed by atoms with E-state index in [4.69, 9.17) is 0 Å². The van der Waals surface area contributed by atoms with Crippen LogP contribution in [0.1, 0.15) is 31.2 Å². The molecule has 1 aliphatic heterocycles. The number of nitrogens with one attached hydrogen (secondary N) is 3. The monoisotopic (exact) mass is 477 g/mol. The fraction of sp³-hybridized carbons (Fsp3) is 0.478.